The van der Waals surface area contributed by atoms with Gasteiger partial charge in [0.2, 0.25) is 5.91 Å². The first-order valence-corrected chi connectivity index (χ1v) is 7.34. The van der Waals surface area contributed by atoms with E-state index in [0.29, 0.717) is 19.4 Å². The molecule has 3 N–H and O–H groups in total. The molecule has 0 aliphatic carbocycles. The van der Waals surface area contributed by atoms with Crippen molar-refractivity contribution in [1.29, 1.82) is 0 Å². The molecule has 0 saturated heterocycles. The first kappa shape index (κ1) is 17.8. The molecule has 0 aromatic heterocycles. The average Bonchev–Trinajstić information content (AvgIpc) is 2.32. The average molecular weight is 290 g/mol. The van der Waals surface area contributed by atoms with Gasteiger partial charge in [-0.1, -0.05) is 0 Å². The minimum absolute atomic E-state index is 0.0430. The third kappa shape index (κ3) is 10.4. The molecular formula is C12H22N2O4S. The Morgan fingerprint density at radius 1 is 1.16 bits per heavy atom. The number of aliphatic carboxylic acids is 1. The van der Waals surface area contributed by atoms with Crippen LogP contribution in [0.2, 0.25) is 0 Å². The summed E-state index contributed by atoms with van der Waals surface area (Å²) in [5.74, 6) is -1.26. The normalized spacial score (nSPS) is 10.9. The predicted molar refractivity (Wildman–Crippen MR) is 75.2 cm³/mol. The summed E-state index contributed by atoms with van der Waals surface area (Å²) in [5, 5.41) is 13.3. The van der Waals surface area contributed by atoms with Crippen LogP contribution < -0.4 is 10.6 Å². The summed E-state index contributed by atoms with van der Waals surface area (Å²) in [5.41, 5.74) is 0. The maximum absolute atomic E-state index is 11.4. The van der Waals surface area contributed by atoms with Crippen molar-refractivity contribution in [2.24, 2.45) is 0 Å². The Hall–Kier alpha value is -1.24. The predicted octanol–water partition coefficient (Wildman–Crippen LogP) is 1.60. The zero-order chi connectivity index (χ0) is 14.9. The molecule has 0 aromatic rings. The Balaban J connectivity index is 3.75. The van der Waals surface area contributed by atoms with Crippen molar-refractivity contribution in [1.82, 2.24) is 10.6 Å². The van der Waals surface area contributed by atoms with Crippen molar-refractivity contribution in [2.45, 2.75) is 44.3 Å². The summed E-state index contributed by atoms with van der Waals surface area (Å²) in [6.45, 7) is 4.45. The second kappa shape index (κ2) is 8.79. The van der Waals surface area contributed by atoms with Gasteiger partial charge in [-0.2, -0.15) is 11.8 Å². The van der Waals surface area contributed by atoms with Gasteiger partial charge in [0.05, 0.1) is 0 Å². The minimum atomic E-state index is -0.877. The number of thioether (sulfide) groups is 1. The fraction of sp³-hybridized carbons (Fsp3) is 0.750. The highest BCUT2D eigenvalue weighted by Gasteiger charge is 2.17. The van der Waals surface area contributed by atoms with Gasteiger partial charge in [-0.25, -0.2) is 4.79 Å². The van der Waals surface area contributed by atoms with E-state index in [2.05, 4.69) is 10.6 Å². The van der Waals surface area contributed by atoms with Crippen LogP contribution in [0.1, 0.15) is 39.5 Å². The third-order valence-electron chi connectivity index (χ3n) is 2.52. The van der Waals surface area contributed by atoms with Gasteiger partial charge in [0.25, 0.3) is 0 Å². The zero-order valence-corrected chi connectivity index (χ0v) is 12.4. The first-order valence-electron chi connectivity index (χ1n) is 6.11. The van der Waals surface area contributed by atoms with Crippen LogP contribution in [0.15, 0.2) is 0 Å². The van der Waals surface area contributed by atoms with Crippen LogP contribution in [-0.4, -0.2) is 40.6 Å². The Kier molecular flexibility index (Phi) is 8.22. The van der Waals surface area contributed by atoms with Gasteiger partial charge in [-0.15, -0.1) is 0 Å². The van der Waals surface area contributed by atoms with E-state index >= 15 is 0 Å². The maximum Gasteiger partial charge on any atom is 0.321 e. The summed E-state index contributed by atoms with van der Waals surface area (Å²) in [7, 11) is 0. The van der Waals surface area contributed by atoms with E-state index in [1.807, 2.05) is 20.1 Å². The molecule has 6 nitrogen and oxygen atoms in total. The number of carboxylic acid groups (broad SMARTS) is 1. The van der Waals surface area contributed by atoms with Crippen LogP contribution in [0.4, 0.5) is 4.79 Å². The van der Waals surface area contributed by atoms with E-state index in [1.54, 1.807) is 11.8 Å². The smallest absolute Gasteiger partial charge is 0.321 e. The molecule has 110 valence electrons. The molecule has 19 heavy (non-hydrogen) atoms. The van der Waals surface area contributed by atoms with Crippen LogP contribution in [0.3, 0.4) is 0 Å². The van der Waals surface area contributed by atoms with Gasteiger partial charge in [0.15, 0.2) is 0 Å². The molecule has 0 bridgehead atoms. The van der Waals surface area contributed by atoms with Crippen LogP contribution >= 0.6 is 11.8 Å². The van der Waals surface area contributed by atoms with Gasteiger partial charge >= 0.3 is 12.0 Å². The van der Waals surface area contributed by atoms with Gasteiger partial charge in [0, 0.05) is 24.1 Å². The molecule has 3 amide bonds. The molecule has 0 aromatic carbocycles. The van der Waals surface area contributed by atoms with Crippen molar-refractivity contribution < 1.29 is 19.5 Å². The molecule has 0 aliphatic heterocycles. The number of amides is 3. The summed E-state index contributed by atoms with van der Waals surface area (Å²) >= 11 is 1.62. The van der Waals surface area contributed by atoms with Gasteiger partial charge in [-0.05, 0) is 32.9 Å². The highest BCUT2D eigenvalue weighted by Crippen LogP contribution is 2.19. The number of carboxylic acids is 1. The molecular weight excluding hydrogens is 268 g/mol. The first-order chi connectivity index (χ1) is 8.76. The van der Waals surface area contributed by atoms with Crippen LogP contribution in [-0.2, 0) is 9.59 Å². The van der Waals surface area contributed by atoms with E-state index in [9.17, 15) is 14.4 Å². The number of hydrogen-bond donors (Lipinski definition) is 3. The number of imide groups is 1. The Morgan fingerprint density at radius 2 is 1.74 bits per heavy atom. The standard InChI is InChI=1S/C12H22N2O4S/c1-12(2,19-3)8-13-11(18)14-9(15)6-4-5-7-10(16)17/h4-8H2,1-3H3,(H,16,17)(H2,13,14,15,18). The molecule has 0 saturated carbocycles. The quantitative estimate of drug-likeness (QED) is 0.590. The number of hydrogen-bond acceptors (Lipinski definition) is 4. The molecule has 0 rings (SSSR count). The number of unbranched alkanes of at least 4 members (excludes halogenated alkanes) is 1. The lowest BCUT2D eigenvalue weighted by molar-refractivity contribution is -0.137. The largest absolute Gasteiger partial charge is 0.481 e. The fourth-order valence-electron chi connectivity index (χ4n) is 1.16. The molecule has 0 fully saturated rings. The van der Waals surface area contributed by atoms with E-state index in [1.165, 1.54) is 0 Å². The van der Waals surface area contributed by atoms with Crippen molar-refractivity contribution in [3.63, 3.8) is 0 Å². The van der Waals surface area contributed by atoms with E-state index in [0.717, 1.165) is 0 Å². The second-order valence-electron chi connectivity index (χ2n) is 4.80. The molecule has 0 heterocycles. The van der Waals surface area contributed by atoms with Crippen molar-refractivity contribution in [3.05, 3.63) is 0 Å². The van der Waals surface area contributed by atoms with Crippen LogP contribution in [0, 0.1) is 0 Å². The number of urea groups is 1. The number of carbonyl (C=O) groups is 3. The molecule has 0 unspecified atom stereocenters. The van der Waals surface area contributed by atoms with Crippen LogP contribution in [0.25, 0.3) is 0 Å². The Labute approximate surface area is 117 Å². The Bertz CT molecular complexity index is 332. The molecule has 0 radical (unpaired) electrons. The number of nitrogens with one attached hydrogen (secondary N) is 2. The summed E-state index contributed by atoms with van der Waals surface area (Å²) < 4.78 is -0.0815. The zero-order valence-electron chi connectivity index (χ0n) is 11.6. The lowest BCUT2D eigenvalue weighted by atomic mass is 10.2. The molecule has 7 heteroatoms. The summed E-state index contributed by atoms with van der Waals surface area (Å²) in [4.78, 5) is 33.0. The van der Waals surface area contributed by atoms with Crippen molar-refractivity contribution in [3.8, 4) is 0 Å². The van der Waals surface area contributed by atoms with Crippen molar-refractivity contribution in [2.75, 3.05) is 12.8 Å². The SMILES string of the molecule is CSC(C)(C)CNC(=O)NC(=O)CCCCC(=O)O. The molecule has 0 spiro atoms. The van der Waals surface area contributed by atoms with Crippen LogP contribution in [0.5, 0.6) is 0 Å². The highest BCUT2D eigenvalue weighted by molar-refractivity contribution is 7.99. The number of rotatable bonds is 8. The lowest BCUT2D eigenvalue weighted by Gasteiger charge is -2.22. The second-order valence-corrected chi connectivity index (χ2v) is 6.31. The maximum atomic E-state index is 11.4. The fourth-order valence-corrected chi connectivity index (χ4v) is 1.38. The van der Waals surface area contributed by atoms with Gasteiger partial charge < -0.3 is 10.4 Å². The van der Waals surface area contributed by atoms with Gasteiger partial charge in [0.1, 0.15) is 0 Å². The van der Waals surface area contributed by atoms with E-state index in [4.69, 9.17) is 5.11 Å². The molecule has 0 aliphatic rings. The topological polar surface area (TPSA) is 95.5 Å². The third-order valence-corrected chi connectivity index (χ3v) is 3.77. The summed E-state index contributed by atoms with van der Waals surface area (Å²) in [6.07, 6.45) is 3.05. The van der Waals surface area contributed by atoms with E-state index < -0.39 is 12.0 Å². The number of carbonyl (C=O) groups excluding carboxylic acids is 2. The Morgan fingerprint density at radius 3 is 2.26 bits per heavy atom. The van der Waals surface area contributed by atoms with Gasteiger partial charge in [-0.3, -0.25) is 14.9 Å². The van der Waals surface area contributed by atoms with Crippen molar-refractivity contribution >= 4 is 29.7 Å². The highest BCUT2D eigenvalue weighted by atomic mass is 32.2. The summed E-state index contributed by atoms with van der Waals surface area (Å²) in [6, 6.07) is -0.509. The monoisotopic (exact) mass is 290 g/mol. The molecule has 0 atom stereocenters. The minimum Gasteiger partial charge on any atom is -0.481 e. The lowest BCUT2D eigenvalue weighted by Crippen LogP contribution is -2.44. The van der Waals surface area contributed by atoms with E-state index in [-0.39, 0.29) is 23.5 Å².